The van der Waals surface area contributed by atoms with Crippen LogP contribution in [-0.4, -0.2) is 28.0 Å². The van der Waals surface area contributed by atoms with E-state index in [-0.39, 0.29) is 11.0 Å². The van der Waals surface area contributed by atoms with Crippen molar-refractivity contribution in [2.75, 3.05) is 18.0 Å². The Bertz CT molecular complexity index is 536. The Labute approximate surface area is 129 Å². The van der Waals surface area contributed by atoms with Gasteiger partial charge in [-0.15, -0.1) is 0 Å². The van der Waals surface area contributed by atoms with Crippen LogP contribution >= 0.6 is 11.6 Å². The molecule has 116 valence electrons. The van der Waals surface area contributed by atoms with E-state index in [1.165, 1.54) is 0 Å². The minimum absolute atomic E-state index is 0.0279. The van der Waals surface area contributed by atoms with E-state index in [1.54, 1.807) is 6.92 Å². The lowest BCUT2D eigenvalue weighted by Crippen LogP contribution is -2.40. The fourth-order valence-corrected chi connectivity index (χ4v) is 3.31. The standard InChI is InChI=1S/C14H21ClN4O2/c1-4-14(5-2)6-8-18(9-7-14)12-11(19(20)21)10(3)16-13(15)17-12/h4-9H2,1-3H3. The minimum atomic E-state index is -0.414. The molecule has 21 heavy (non-hydrogen) atoms. The van der Waals surface area contributed by atoms with Crippen LogP contribution in [0.25, 0.3) is 0 Å². The van der Waals surface area contributed by atoms with E-state index in [1.807, 2.05) is 4.90 Å². The van der Waals surface area contributed by atoms with Crippen LogP contribution in [0.5, 0.6) is 0 Å². The summed E-state index contributed by atoms with van der Waals surface area (Å²) in [7, 11) is 0. The Morgan fingerprint density at radius 2 is 1.86 bits per heavy atom. The predicted octanol–water partition coefficient (Wildman–Crippen LogP) is 3.75. The van der Waals surface area contributed by atoms with Crippen molar-refractivity contribution in [3.63, 3.8) is 0 Å². The van der Waals surface area contributed by atoms with Gasteiger partial charge >= 0.3 is 5.69 Å². The highest BCUT2D eigenvalue weighted by atomic mass is 35.5. The van der Waals surface area contributed by atoms with Crippen molar-refractivity contribution in [1.82, 2.24) is 9.97 Å². The van der Waals surface area contributed by atoms with E-state index in [0.717, 1.165) is 38.8 Å². The molecule has 0 bridgehead atoms. The van der Waals surface area contributed by atoms with Crippen LogP contribution in [0.3, 0.4) is 0 Å². The first-order chi connectivity index (χ1) is 9.92. The van der Waals surface area contributed by atoms with E-state index in [9.17, 15) is 10.1 Å². The lowest BCUT2D eigenvalue weighted by atomic mass is 9.74. The smallest absolute Gasteiger partial charge is 0.332 e. The molecule has 0 amide bonds. The molecule has 0 N–H and O–H groups in total. The van der Waals surface area contributed by atoms with Crippen molar-refractivity contribution in [2.45, 2.75) is 46.5 Å². The maximum atomic E-state index is 11.3. The molecule has 0 aliphatic carbocycles. The summed E-state index contributed by atoms with van der Waals surface area (Å²) in [5, 5.41) is 11.4. The molecule has 0 saturated carbocycles. The normalized spacial score (nSPS) is 17.8. The SMILES string of the molecule is CCC1(CC)CCN(c2nc(Cl)nc(C)c2[N+](=O)[O-])CC1. The van der Waals surface area contributed by atoms with Crippen LogP contribution in [0.15, 0.2) is 0 Å². The molecule has 7 heteroatoms. The van der Waals surface area contributed by atoms with Crippen LogP contribution in [0.1, 0.15) is 45.2 Å². The van der Waals surface area contributed by atoms with Gasteiger partial charge in [-0.25, -0.2) is 4.98 Å². The van der Waals surface area contributed by atoms with Gasteiger partial charge in [0.1, 0.15) is 5.69 Å². The number of anilines is 1. The van der Waals surface area contributed by atoms with Crippen LogP contribution in [0.4, 0.5) is 11.5 Å². The first-order valence-corrected chi connectivity index (χ1v) is 7.73. The maximum absolute atomic E-state index is 11.3. The Morgan fingerprint density at radius 1 is 1.29 bits per heavy atom. The van der Waals surface area contributed by atoms with Gasteiger partial charge in [-0.2, -0.15) is 4.98 Å². The van der Waals surface area contributed by atoms with Gasteiger partial charge in [0, 0.05) is 13.1 Å². The quantitative estimate of drug-likeness (QED) is 0.481. The van der Waals surface area contributed by atoms with Crippen molar-refractivity contribution in [2.24, 2.45) is 5.41 Å². The lowest BCUT2D eigenvalue weighted by Gasteiger charge is -2.41. The Hall–Kier alpha value is -1.43. The third-order valence-corrected chi connectivity index (χ3v) is 4.99. The summed E-state index contributed by atoms with van der Waals surface area (Å²) in [5.41, 5.74) is 0.648. The summed E-state index contributed by atoms with van der Waals surface area (Å²) < 4.78 is 0. The fourth-order valence-electron chi connectivity index (χ4n) is 3.10. The Balaban J connectivity index is 2.30. The van der Waals surface area contributed by atoms with Gasteiger partial charge in [-0.3, -0.25) is 10.1 Å². The van der Waals surface area contributed by atoms with Crippen molar-refractivity contribution in [1.29, 1.82) is 0 Å². The third-order valence-electron chi connectivity index (χ3n) is 4.82. The maximum Gasteiger partial charge on any atom is 0.332 e. The first-order valence-electron chi connectivity index (χ1n) is 7.36. The summed E-state index contributed by atoms with van der Waals surface area (Å²) in [4.78, 5) is 20.9. The average molecular weight is 313 g/mol. The molecule has 1 fully saturated rings. The molecule has 1 aromatic rings. The van der Waals surface area contributed by atoms with Crippen molar-refractivity contribution < 1.29 is 4.92 Å². The van der Waals surface area contributed by atoms with Crippen LogP contribution in [0.2, 0.25) is 5.28 Å². The molecule has 1 aliphatic rings. The molecule has 0 radical (unpaired) electrons. The predicted molar refractivity (Wildman–Crippen MR) is 82.9 cm³/mol. The molecule has 6 nitrogen and oxygen atoms in total. The van der Waals surface area contributed by atoms with E-state index in [0.29, 0.717) is 16.9 Å². The number of nitro groups is 1. The third kappa shape index (κ3) is 3.10. The van der Waals surface area contributed by atoms with Crippen molar-refractivity contribution in [3.8, 4) is 0 Å². The topological polar surface area (TPSA) is 72.2 Å². The van der Waals surface area contributed by atoms with Gasteiger partial charge in [-0.05, 0) is 36.8 Å². The Kier molecular flexibility index (Phi) is 4.66. The zero-order valence-electron chi connectivity index (χ0n) is 12.7. The highest BCUT2D eigenvalue weighted by Gasteiger charge is 2.34. The largest absolute Gasteiger partial charge is 0.351 e. The number of nitrogens with zero attached hydrogens (tertiary/aromatic N) is 4. The molecule has 2 heterocycles. The molecule has 1 saturated heterocycles. The van der Waals surface area contributed by atoms with E-state index < -0.39 is 4.92 Å². The van der Waals surface area contributed by atoms with Crippen molar-refractivity contribution in [3.05, 3.63) is 21.1 Å². The molecule has 0 spiro atoms. The van der Waals surface area contributed by atoms with Gasteiger partial charge in [0.15, 0.2) is 0 Å². The average Bonchev–Trinajstić information content (AvgIpc) is 2.46. The zero-order valence-corrected chi connectivity index (χ0v) is 13.5. The van der Waals surface area contributed by atoms with Gasteiger partial charge in [0.25, 0.3) is 0 Å². The summed E-state index contributed by atoms with van der Waals surface area (Å²) in [6, 6.07) is 0. The molecular formula is C14H21ClN4O2. The number of aromatic nitrogens is 2. The minimum Gasteiger partial charge on any atom is -0.351 e. The summed E-state index contributed by atoms with van der Waals surface area (Å²) >= 11 is 5.89. The second-order valence-electron chi connectivity index (χ2n) is 5.70. The summed E-state index contributed by atoms with van der Waals surface area (Å²) in [6.07, 6.45) is 4.33. The molecule has 0 aromatic carbocycles. The molecular weight excluding hydrogens is 292 g/mol. The molecule has 1 aliphatic heterocycles. The number of aryl methyl sites for hydroxylation is 1. The zero-order chi connectivity index (χ0) is 15.6. The highest BCUT2D eigenvalue weighted by molar-refractivity contribution is 6.28. The fraction of sp³-hybridized carbons (Fsp3) is 0.714. The van der Waals surface area contributed by atoms with E-state index in [2.05, 4.69) is 23.8 Å². The monoisotopic (exact) mass is 312 g/mol. The second-order valence-corrected chi connectivity index (χ2v) is 6.04. The summed E-state index contributed by atoms with van der Waals surface area (Å²) in [6.45, 7) is 7.58. The number of piperidine rings is 1. The molecule has 1 aromatic heterocycles. The van der Waals surface area contributed by atoms with E-state index >= 15 is 0 Å². The molecule has 2 rings (SSSR count). The molecule has 0 atom stereocenters. The second kappa shape index (κ2) is 6.13. The number of rotatable bonds is 4. The highest BCUT2D eigenvalue weighted by Crippen LogP contribution is 2.40. The first kappa shape index (κ1) is 15.9. The van der Waals surface area contributed by atoms with E-state index in [4.69, 9.17) is 11.6 Å². The van der Waals surface area contributed by atoms with Gasteiger partial charge in [0.2, 0.25) is 11.1 Å². The van der Waals surface area contributed by atoms with Crippen LogP contribution in [-0.2, 0) is 0 Å². The molecule has 0 unspecified atom stereocenters. The number of hydrogen-bond donors (Lipinski definition) is 0. The van der Waals surface area contributed by atoms with Gasteiger partial charge < -0.3 is 4.90 Å². The van der Waals surface area contributed by atoms with Crippen LogP contribution < -0.4 is 4.90 Å². The Morgan fingerprint density at radius 3 is 2.33 bits per heavy atom. The number of halogens is 1. The number of hydrogen-bond acceptors (Lipinski definition) is 5. The van der Waals surface area contributed by atoms with Crippen LogP contribution in [0, 0.1) is 22.5 Å². The van der Waals surface area contributed by atoms with Gasteiger partial charge in [0.05, 0.1) is 4.92 Å². The van der Waals surface area contributed by atoms with Crippen molar-refractivity contribution >= 4 is 23.1 Å². The lowest BCUT2D eigenvalue weighted by molar-refractivity contribution is -0.385. The van der Waals surface area contributed by atoms with Gasteiger partial charge in [-0.1, -0.05) is 26.7 Å². The summed E-state index contributed by atoms with van der Waals surface area (Å²) in [5.74, 6) is 0.360.